The summed E-state index contributed by atoms with van der Waals surface area (Å²) in [6.45, 7) is 6.42. The molecule has 2 aromatic rings. The normalized spacial score (nSPS) is 24.3. The van der Waals surface area contributed by atoms with Gasteiger partial charge in [-0.25, -0.2) is 19.7 Å². The fourth-order valence-corrected chi connectivity index (χ4v) is 4.86. The SMILES string of the molecule is Cn1ccnc1C(NC(=O)N1C2CCC1c1cnc(C(C)(C)C)nc1C2)C1CC1. The van der Waals surface area contributed by atoms with Crippen molar-refractivity contribution in [3.8, 4) is 0 Å². The van der Waals surface area contributed by atoms with E-state index in [1.54, 1.807) is 0 Å². The zero-order valence-corrected chi connectivity index (χ0v) is 17.7. The molecule has 29 heavy (non-hydrogen) atoms. The summed E-state index contributed by atoms with van der Waals surface area (Å²) in [4.78, 5) is 29.5. The Morgan fingerprint density at radius 3 is 2.66 bits per heavy atom. The Hall–Kier alpha value is -2.44. The molecule has 2 amide bonds. The number of carbonyl (C=O) groups excluding carboxylic acids is 1. The lowest BCUT2D eigenvalue weighted by molar-refractivity contribution is 0.159. The molecule has 7 nitrogen and oxygen atoms in total. The van der Waals surface area contributed by atoms with Crippen LogP contribution in [0.5, 0.6) is 0 Å². The minimum absolute atomic E-state index is 0.0113. The molecule has 3 aliphatic rings. The summed E-state index contributed by atoms with van der Waals surface area (Å²) in [6, 6.07) is 0.321. The first-order valence-corrected chi connectivity index (χ1v) is 10.8. The van der Waals surface area contributed by atoms with E-state index in [2.05, 4.69) is 41.0 Å². The Kier molecular flexibility index (Phi) is 4.19. The predicted octanol–water partition coefficient (Wildman–Crippen LogP) is 3.43. The molecular weight excluding hydrogens is 364 g/mol. The Morgan fingerprint density at radius 2 is 2.00 bits per heavy atom. The molecular formula is C22H30N6O. The molecule has 0 spiro atoms. The summed E-state index contributed by atoms with van der Waals surface area (Å²) < 4.78 is 2.02. The summed E-state index contributed by atoms with van der Waals surface area (Å²) in [5, 5.41) is 3.32. The van der Waals surface area contributed by atoms with Crippen LogP contribution in [-0.2, 0) is 18.9 Å². The van der Waals surface area contributed by atoms with E-state index in [0.29, 0.717) is 5.92 Å². The quantitative estimate of drug-likeness (QED) is 0.865. The third-order valence-corrected chi connectivity index (χ3v) is 6.60. The summed E-state index contributed by atoms with van der Waals surface area (Å²) >= 11 is 0. The highest BCUT2D eigenvalue weighted by atomic mass is 16.2. The van der Waals surface area contributed by atoms with Crippen LogP contribution < -0.4 is 5.32 Å². The van der Waals surface area contributed by atoms with Gasteiger partial charge in [0.25, 0.3) is 0 Å². The van der Waals surface area contributed by atoms with Crippen molar-refractivity contribution in [1.29, 1.82) is 0 Å². The van der Waals surface area contributed by atoms with Crippen molar-refractivity contribution in [3.63, 3.8) is 0 Å². The van der Waals surface area contributed by atoms with Crippen LogP contribution in [0.2, 0.25) is 0 Å². The number of carbonyl (C=O) groups is 1. The molecule has 1 aliphatic carbocycles. The highest BCUT2D eigenvalue weighted by molar-refractivity contribution is 5.76. The van der Waals surface area contributed by atoms with Crippen LogP contribution >= 0.6 is 0 Å². The van der Waals surface area contributed by atoms with Crippen LogP contribution in [0.3, 0.4) is 0 Å². The molecule has 7 heteroatoms. The molecule has 2 aliphatic heterocycles. The zero-order valence-electron chi connectivity index (χ0n) is 17.7. The Bertz CT molecular complexity index is 941. The van der Waals surface area contributed by atoms with E-state index in [9.17, 15) is 4.79 Å². The molecule has 2 fully saturated rings. The van der Waals surface area contributed by atoms with E-state index in [0.717, 1.165) is 55.0 Å². The second kappa shape index (κ2) is 6.54. The molecule has 1 N–H and O–H groups in total. The average molecular weight is 395 g/mol. The van der Waals surface area contributed by atoms with Crippen molar-refractivity contribution in [2.24, 2.45) is 13.0 Å². The van der Waals surface area contributed by atoms with Gasteiger partial charge in [0, 0.05) is 49.1 Å². The van der Waals surface area contributed by atoms with Gasteiger partial charge in [0.1, 0.15) is 11.6 Å². The van der Waals surface area contributed by atoms with E-state index in [-0.39, 0.29) is 29.6 Å². The van der Waals surface area contributed by atoms with Gasteiger partial charge < -0.3 is 14.8 Å². The van der Waals surface area contributed by atoms with Gasteiger partial charge in [-0.2, -0.15) is 0 Å². The Labute approximate surface area is 171 Å². The van der Waals surface area contributed by atoms with E-state index in [4.69, 9.17) is 4.98 Å². The summed E-state index contributed by atoms with van der Waals surface area (Å²) in [5.74, 6) is 2.33. The molecule has 3 atom stereocenters. The molecule has 3 unspecified atom stereocenters. The summed E-state index contributed by atoms with van der Waals surface area (Å²) in [6.07, 6.45) is 10.8. The number of nitrogens with one attached hydrogen (secondary N) is 1. The topological polar surface area (TPSA) is 75.9 Å². The lowest BCUT2D eigenvalue weighted by Gasteiger charge is -2.37. The monoisotopic (exact) mass is 394 g/mol. The number of amides is 2. The summed E-state index contributed by atoms with van der Waals surface area (Å²) in [5.41, 5.74) is 2.19. The van der Waals surface area contributed by atoms with Crippen LogP contribution in [0.15, 0.2) is 18.6 Å². The number of rotatable bonds is 3. The molecule has 2 aromatic heterocycles. The van der Waals surface area contributed by atoms with E-state index < -0.39 is 0 Å². The second-order valence-electron chi connectivity index (χ2n) is 9.86. The van der Waals surface area contributed by atoms with Crippen molar-refractivity contribution in [1.82, 2.24) is 29.7 Å². The second-order valence-corrected chi connectivity index (χ2v) is 9.86. The van der Waals surface area contributed by atoms with Crippen LogP contribution in [-0.4, -0.2) is 36.5 Å². The molecule has 5 rings (SSSR count). The lowest BCUT2D eigenvalue weighted by Crippen LogP contribution is -2.49. The largest absolute Gasteiger partial charge is 0.336 e. The van der Waals surface area contributed by atoms with Crippen LogP contribution in [0, 0.1) is 5.92 Å². The number of hydrogen-bond acceptors (Lipinski definition) is 4. The van der Waals surface area contributed by atoms with Gasteiger partial charge in [-0.1, -0.05) is 20.8 Å². The van der Waals surface area contributed by atoms with Gasteiger partial charge in [-0.15, -0.1) is 0 Å². The third kappa shape index (κ3) is 3.20. The van der Waals surface area contributed by atoms with Gasteiger partial charge >= 0.3 is 6.03 Å². The fraction of sp³-hybridized carbons (Fsp3) is 0.636. The van der Waals surface area contributed by atoms with Crippen LogP contribution in [0.4, 0.5) is 4.79 Å². The molecule has 1 saturated heterocycles. The van der Waals surface area contributed by atoms with Gasteiger partial charge in [0.15, 0.2) is 0 Å². The van der Waals surface area contributed by atoms with Crippen molar-refractivity contribution < 1.29 is 4.79 Å². The molecule has 4 heterocycles. The van der Waals surface area contributed by atoms with Crippen LogP contribution in [0.25, 0.3) is 0 Å². The van der Waals surface area contributed by atoms with Gasteiger partial charge in [-0.3, -0.25) is 0 Å². The molecule has 154 valence electrons. The number of fused-ring (bicyclic) bond motifs is 4. The molecule has 1 saturated carbocycles. The minimum Gasteiger partial charge on any atom is -0.336 e. The van der Waals surface area contributed by atoms with Crippen molar-refractivity contribution in [3.05, 3.63) is 41.5 Å². The van der Waals surface area contributed by atoms with Gasteiger partial charge in [0.2, 0.25) is 0 Å². The van der Waals surface area contributed by atoms with Gasteiger partial charge in [-0.05, 0) is 31.6 Å². The summed E-state index contributed by atoms with van der Waals surface area (Å²) in [7, 11) is 1.99. The Balaban J connectivity index is 1.40. The number of urea groups is 1. The van der Waals surface area contributed by atoms with Crippen LogP contribution in [0.1, 0.15) is 81.4 Å². The first-order chi connectivity index (χ1) is 13.8. The van der Waals surface area contributed by atoms with Crippen molar-refractivity contribution in [2.45, 2.75) is 76.4 Å². The third-order valence-electron chi connectivity index (χ3n) is 6.60. The molecule has 2 bridgehead atoms. The van der Waals surface area contributed by atoms with Crippen molar-refractivity contribution >= 4 is 6.03 Å². The number of nitrogens with zero attached hydrogens (tertiary/aromatic N) is 5. The van der Waals surface area contributed by atoms with Crippen molar-refractivity contribution in [2.75, 3.05) is 0 Å². The number of hydrogen-bond donors (Lipinski definition) is 1. The zero-order chi connectivity index (χ0) is 20.3. The van der Waals surface area contributed by atoms with Gasteiger partial charge in [0.05, 0.1) is 17.8 Å². The average Bonchev–Trinajstić information content (AvgIpc) is 3.35. The molecule has 0 aromatic carbocycles. The smallest absolute Gasteiger partial charge is 0.318 e. The maximum absolute atomic E-state index is 13.4. The number of aryl methyl sites for hydroxylation is 1. The first-order valence-electron chi connectivity index (χ1n) is 10.8. The maximum atomic E-state index is 13.4. The highest BCUT2D eigenvalue weighted by Crippen LogP contribution is 2.45. The maximum Gasteiger partial charge on any atom is 0.318 e. The number of imidazole rings is 1. The van der Waals surface area contributed by atoms with E-state index in [1.165, 1.54) is 0 Å². The number of aromatic nitrogens is 4. The standard InChI is InChI=1S/C22H30N6O/c1-22(2,3)20-24-12-15-16(25-20)11-14-7-8-17(15)28(14)21(29)26-18(13-5-6-13)19-23-9-10-27(19)4/h9-10,12-14,17-18H,5-8,11H2,1-4H3,(H,26,29). The van der Waals surface area contributed by atoms with E-state index >= 15 is 0 Å². The lowest BCUT2D eigenvalue weighted by atomic mass is 9.93. The Morgan fingerprint density at radius 1 is 1.21 bits per heavy atom. The van der Waals surface area contributed by atoms with E-state index in [1.807, 2.05) is 30.2 Å². The molecule has 0 radical (unpaired) electrons. The predicted molar refractivity (Wildman–Crippen MR) is 109 cm³/mol. The fourth-order valence-electron chi connectivity index (χ4n) is 4.86. The first kappa shape index (κ1) is 18.6. The highest BCUT2D eigenvalue weighted by Gasteiger charge is 2.45. The minimum atomic E-state index is -0.0673.